The number of likely N-dealkylation sites (tertiary alicyclic amines) is 2. The number of amides is 9. The largest absolute Gasteiger partial charge is 0.494 e. The lowest BCUT2D eigenvalue weighted by Crippen LogP contribution is -2.61. The topological polar surface area (TPSA) is 377 Å². The second-order valence-corrected chi connectivity index (χ2v) is 33.6. The van der Waals surface area contributed by atoms with Gasteiger partial charge in [-0.1, -0.05) is 151 Å². The van der Waals surface area contributed by atoms with E-state index < -0.39 is 153 Å². The predicted octanol–water partition coefficient (Wildman–Crippen LogP) is 4.43. The number of nitrogens with one attached hydrogen (secondary N) is 9. The van der Waals surface area contributed by atoms with E-state index in [9.17, 15) is 37.5 Å². The molecular formula is C82H103N13O16S. The fraction of sp³-hybridized carbons (Fsp3) is 0.463. The molecule has 2 fully saturated rings. The van der Waals surface area contributed by atoms with Crippen molar-refractivity contribution in [2.75, 3.05) is 46.7 Å². The first-order chi connectivity index (χ1) is 53.1. The molecule has 0 aliphatic carbocycles. The molecule has 8 bridgehead atoms. The summed E-state index contributed by atoms with van der Waals surface area (Å²) in [5, 5.41) is 37.3. The number of benzene rings is 6. The highest BCUT2D eigenvalue weighted by molar-refractivity contribution is 7.89. The maximum atomic E-state index is 15.4. The Hall–Kier alpha value is -10.7. The van der Waals surface area contributed by atoms with Gasteiger partial charge in [-0.2, -0.15) is 0 Å². The average Bonchev–Trinajstić information content (AvgIpc) is 1.49. The lowest BCUT2D eigenvalue weighted by Gasteiger charge is -2.36. The van der Waals surface area contributed by atoms with Gasteiger partial charge < -0.3 is 71.7 Å². The van der Waals surface area contributed by atoms with E-state index in [0.29, 0.717) is 46.6 Å². The van der Waals surface area contributed by atoms with E-state index in [1.807, 2.05) is 99.0 Å². The SMILES string of the molecule is CN[C@@H](C)C(=O)N[C@H](C(=O)N1CC2CC1C(=O)N[C@@H](Cc1ccc3ccccc3c1)C(=O)N[C@H](C(=O)NS(C)(=O)=O)Cc1ccc(cc1)OCCCCO[C@H]1C[C@@H](C(=O)N[C@@H](Cc3ccc4ccccc4c3)C(=O)N[C@H](C(=O)O)Cc3ccc(cc3)OCc3c4n2n3-4)N(C(=O)[C@@H](NC(=O)[C@H](C)NC)C(C)(C)C)C1)C(C)(C)C. The van der Waals surface area contributed by atoms with Crippen LogP contribution in [0.25, 0.3) is 27.4 Å². The molecular weight excluding hydrogens is 1460 g/mol. The Labute approximate surface area is 651 Å². The number of carboxylic acid groups (broad SMARTS) is 1. The Morgan fingerprint density at radius 3 is 1.48 bits per heavy atom. The third-order valence-electron chi connectivity index (χ3n) is 21.1. The third-order valence-corrected chi connectivity index (χ3v) is 21.7. The summed E-state index contributed by atoms with van der Waals surface area (Å²) >= 11 is 0. The zero-order valence-electron chi connectivity index (χ0n) is 65.1. The number of ether oxygens (including phenoxy) is 3. The summed E-state index contributed by atoms with van der Waals surface area (Å²) in [6, 6.07) is 27.4. The molecule has 0 radical (unpaired) electrons. The van der Waals surface area contributed by atoms with Crippen molar-refractivity contribution in [1.29, 1.82) is 0 Å². The van der Waals surface area contributed by atoms with E-state index in [2.05, 4.69) is 42.5 Å². The number of likely N-dealkylation sites (N-methyl/N-ethyl adjacent to an activating group) is 2. The van der Waals surface area contributed by atoms with Crippen LogP contribution in [0.5, 0.6) is 11.5 Å². The number of carbonyl (C=O) groups is 10. The van der Waals surface area contributed by atoms with Gasteiger partial charge in [-0.15, -0.1) is 0 Å². The predicted molar refractivity (Wildman–Crippen MR) is 419 cm³/mol. The summed E-state index contributed by atoms with van der Waals surface area (Å²) in [5.41, 5.74) is 1.38. The van der Waals surface area contributed by atoms with Crippen molar-refractivity contribution < 1.29 is 75.7 Å². The molecule has 8 heterocycles. The van der Waals surface area contributed by atoms with Gasteiger partial charge in [-0.3, -0.25) is 52.6 Å². The van der Waals surface area contributed by atoms with Crippen molar-refractivity contribution in [3.8, 4) is 17.3 Å². The minimum Gasteiger partial charge on any atom is -0.494 e. The van der Waals surface area contributed by atoms with Crippen LogP contribution < -0.4 is 56.7 Å². The van der Waals surface area contributed by atoms with Crippen LogP contribution in [-0.4, -0.2) is 205 Å². The normalized spacial score (nSPS) is 22.2. The number of fused-ring (bicyclic) bond motifs is 2. The summed E-state index contributed by atoms with van der Waals surface area (Å²) in [6.07, 6.45) is 0.539. The number of sulfonamides is 1. The van der Waals surface area contributed by atoms with Crippen molar-refractivity contribution >= 4 is 90.7 Å². The van der Waals surface area contributed by atoms with Crippen molar-refractivity contribution in [3.63, 3.8) is 0 Å². The van der Waals surface area contributed by atoms with E-state index >= 15 is 24.0 Å². The number of rotatable bonds is 15. The second kappa shape index (κ2) is 34.9. The zero-order chi connectivity index (χ0) is 80.7. The van der Waals surface area contributed by atoms with Crippen molar-refractivity contribution in [2.45, 2.75) is 186 Å². The van der Waals surface area contributed by atoms with Crippen LogP contribution in [0.3, 0.4) is 0 Å². The Bertz CT molecular complexity index is 4760. The molecule has 29 nitrogen and oxygen atoms in total. The van der Waals surface area contributed by atoms with E-state index in [1.54, 1.807) is 118 Å². The first-order valence-electron chi connectivity index (χ1n) is 38.0. The highest BCUT2D eigenvalue weighted by Gasteiger charge is 2.53. The molecule has 12 atom stereocenters. The fourth-order valence-corrected chi connectivity index (χ4v) is 14.9. The smallest absolute Gasteiger partial charge is 0.326 e. The van der Waals surface area contributed by atoms with Crippen molar-refractivity contribution in [3.05, 3.63) is 161 Å². The number of hydrogen-bond donors (Lipinski definition) is 10. The fourth-order valence-electron chi connectivity index (χ4n) is 14.4. The Morgan fingerprint density at radius 2 is 1.01 bits per heavy atom. The molecule has 30 heteroatoms. The summed E-state index contributed by atoms with van der Waals surface area (Å²) in [5.74, 6) is -5.75. The van der Waals surface area contributed by atoms with Crippen molar-refractivity contribution in [2.24, 2.45) is 10.8 Å². The minimum absolute atomic E-state index is 0.000863. The van der Waals surface area contributed by atoms with E-state index in [4.69, 9.17) is 14.2 Å². The summed E-state index contributed by atoms with van der Waals surface area (Å²) in [7, 11) is -0.947. The van der Waals surface area contributed by atoms with Gasteiger partial charge in [0.05, 0.1) is 37.1 Å². The molecule has 10 N–H and O–H groups in total. The molecule has 8 aliphatic rings. The van der Waals surface area contributed by atoms with Gasteiger partial charge in [-0.25, -0.2) is 17.9 Å². The molecule has 6 aromatic rings. The summed E-state index contributed by atoms with van der Waals surface area (Å²) < 4.78 is 50.1. The van der Waals surface area contributed by atoms with Crippen molar-refractivity contribution in [1.82, 2.24) is 66.4 Å². The molecule has 6 aromatic carbocycles. The molecule has 2 unspecified atom stereocenters. The number of aromatic nitrogens is 2. The van der Waals surface area contributed by atoms with Crippen LogP contribution in [-0.2, 0) is 95.0 Å². The van der Waals surface area contributed by atoms with Crippen LogP contribution in [0, 0.1) is 10.8 Å². The molecule has 0 spiro atoms. The number of aliphatic carboxylic acids is 1. The molecule has 14 rings (SSSR count). The zero-order valence-corrected chi connectivity index (χ0v) is 65.9. The Kier molecular flexibility index (Phi) is 25.7. The molecule has 598 valence electrons. The maximum absolute atomic E-state index is 15.4. The third kappa shape index (κ3) is 20.5. The van der Waals surface area contributed by atoms with E-state index in [-0.39, 0.29) is 71.4 Å². The van der Waals surface area contributed by atoms with Gasteiger partial charge in [0.25, 0.3) is 5.91 Å². The lowest BCUT2D eigenvalue weighted by atomic mass is 9.85. The molecule has 2 saturated heterocycles. The van der Waals surface area contributed by atoms with Gasteiger partial charge >= 0.3 is 5.97 Å². The molecule has 0 aromatic heterocycles. The van der Waals surface area contributed by atoms with Gasteiger partial charge in [0, 0.05) is 58.2 Å². The van der Waals surface area contributed by atoms with Crippen LogP contribution in [0.15, 0.2) is 133 Å². The monoisotopic (exact) mass is 1560 g/mol. The van der Waals surface area contributed by atoms with Gasteiger partial charge in [0.2, 0.25) is 57.3 Å². The van der Waals surface area contributed by atoms with Gasteiger partial charge in [0.1, 0.15) is 72.1 Å². The number of carbonyl (C=O) groups excluding carboxylic acids is 9. The van der Waals surface area contributed by atoms with Gasteiger partial charge in [0.15, 0.2) is 5.82 Å². The highest BCUT2D eigenvalue weighted by Crippen LogP contribution is 2.47. The van der Waals surface area contributed by atoms with Crippen LogP contribution >= 0.6 is 0 Å². The summed E-state index contributed by atoms with van der Waals surface area (Å²) in [4.78, 5) is 148. The number of hydrogen-bond acceptors (Lipinski definition) is 17. The Balaban J connectivity index is 0.898. The first-order valence-corrected chi connectivity index (χ1v) is 39.9. The molecule has 0 saturated carbocycles. The highest BCUT2D eigenvalue weighted by atomic mass is 32.2. The van der Waals surface area contributed by atoms with Crippen LogP contribution in [0.2, 0.25) is 0 Å². The molecule has 9 amide bonds. The van der Waals surface area contributed by atoms with E-state index in [0.717, 1.165) is 39.3 Å². The van der Waals surface area contributed by atoms with E-state index in [1.165, 1.54) is 9.80 Å². The molecule has 112 heavy (non-hydrogen) atoms. The molecule has 8 aliphatic heterocycles. The maximum Gasteiger partial charge on any atom is 0.326 e. The van der Waals surface area contributed by atoms with Gasteiger partial charge in [-0.05, 0) is 120 Å². The number of nitrogens with zero attached hydrogens (tertiary/aromatic N) is 4. The Morgan fingerprint density at radius 1 is 0.562 bits per heavy atom. The standard InChI is InChI=1S/C82H103N13O16S/c1-47(83-9)70(96)89-68(81(3,4)5)78(103)92-44-57-42-65(92)75(101)86-61(40-51-22-28-53-18-12-14-20-55(53)36-51)72(98)85-63(74(100)91-112(11,107)108)38-49-24-30-58(31-25-49)109-34-16-17-35-110-60-43-66(93(45-60)79(104)69(82(6,7)8)90-71(97)48(2)84-10)76(102)87-62(41-52-23-29-54-19-13-15-21-56(54)37-52)73(99)88-64(80(105)106)39-50-26-32-59(33-27-50)111-46-67-77-94(57)95(67)77/h12-15,18-33,36-37,47-48,57,60-66,68-69,83-84H,16-17,34-35,38-46H2,1-11H3,(H,85,98)(H,86,101)(H,87,102)(H,88,99)(H,89,96)(H,90,97)(H,91,100)(H,105,106)/t47-,48-,57?,60-,61-,62-,63-,64-,65?,66-,68+,69+,94?,95?/m0/s1. The minimum atomic E-state index is -4.18. The lowest BCUT2D eigenvalue weighted by molar-refractivity contribution is -0.145. The summed E-state index contributed by atoms with van der Waals surface area (Å²) in [6.45, 7) is 14.5. The second-order valence-electron chi connectivity index (χ2n) is 31.8. The number of carboxylic acids is 1. The van der Waals surface area contributed by atoms with Crippen LogP contribution in [0.4, 0.5) is 0 Å². The quantitative estimate of drug-likeness (QED) is 0.0679. The average molecular weight is 1560 g/mol. The first kappa shape index (κ1) is 82.3. The van der Waals surface area contributed by atoms with Crippen LogP contribution in [0.1, 0.15) is 115 Å².